The van der Waals surface area contributed by atoms with Crippen molar-refractivity contribution in [3.63, 3.8) is 0 Å². The first kappa shape index (κ1) is 27.6. The molecule has 2 aromatic carbocycles. The highest BCUT2D eigenvalue weighted by molar-refractivity contribution is 5.87. The Morgan fingerprint density at radius 3 is 2.49 bits per heavy atom. The molecule has 0 spiro atoms. The number of amides is 1. The average molecular weight is 543 g/mol. The van der Waals surface area contributed by atoms with E-state index >= 15 is 0 Å². The van der Waals surface area contributed by atoms with Crippen molar-refractivity contribution in [1.82, 2.24) is 24.4 Å². The van der Waals surface area contributed by atoms with Crippen LogP contribution in [0.4, 0.5) is 36.2 Å². The lowest BCUT2D eigenvalue weighted by atomic mass is 10.2. The van der Waals surface area contributed by atoms with Gasteiger partial charge in [0.1, 0.15) is 17.4 Å². The maximum Gasteiger partial charge on any atom is 0.416 e. The van der Waals surface area contributed by atoms with Gasteiger partial charge in [0.15, 0.2) is 0 Å². The van der Waals surface area contributed by atoms with Crippen molar-refractivity contribution in [1.29, 1.82) is 0 Å². The Balaban J connectivity index is 1.72. The van der Waals surface area contributed by atoms with E-state index in [1.165, 1.54) is 23.9 Å². The molecule has 0 aliphatic rings. The number of carbonyl (C=O) groups excluding carboxylic acids is 1. The lowest BCUT2D eigenvalue weighted by Gasteiger charge is -2.25. The third-order valence-electron chi connectivity index (χ3n) is 6.09. The number of carbonyl (C=O) groups is 1. The molecular formula is C26H29F3N8O2. The fourth-order valence-electron chi connectivity index (χ4n) is 4.12. The summed E-state index contributed by atoms with van der Waals surface area (Å²) in [4.78, 5) is 28.6. The molecule has 1 amide bonds. The molecule has 10 nitrogen and oxygen atoms in total. The van der Waals surface area contributed by atoms with Gasteiger partial charge in [-0.2, -0.15) is 18.2 Å². The average Bonchev–Trinajstić information content (AvgIpc) is 3.22. The molecule has 0 saturated carbocycles. The smallest absolute Gasteiger partial charge is 0.416 e. The number of aromatic nitrogens is 4. The van der Waals surface area contributed by atoms with Crippen molar-refractivity contribution >= 4 is 40.5 Å². The van der Waals surface area contributed by atoms with Crippen LogP contribution in [0.25, 0.3) is 16.9 Å². The zero-order valence-electron chi connectivity index (χ0n) is 22.2. The normalized spacial score (nSPS) is 11.6. The minimum atomic E-state index is -4.49. The summed E-state index contributed by atoms with van der Waals surface area (Å²) in [5, 5.41) is 5.82. The number of alkyl halides is 3. The van der Waals surface area contributed by atoms with Crippen molar-refractivity contribution in [3.8, 4) is 11.6 Å². The Morgan fingerprint density at radius 1 is 1.05 bits per heavy atom. The van der Waals surface area contributed by atoms with E-state index in [0.717, 1.165) is 24.4 Å². The van der Waals surface area contributed by atoms with E-state index in [2.05, 4.69) is 30.5 Å². The van der Waals surface area contributed by atoms with Crippen LogP contribution < -0.4 is 20.3 Å². The molecular weight excluding hydrogens is 513 g/mol. The van der Waals surface area contributed by atoms with E-state index in [1.807, 2.05) is 26.0 Å². The number of likely N-dealkylation sites (N-methyl/N-ethyl adjacent to an activating group) is 2. The summed E-state index contributed by atoms with van der Waals surface area (Å²) in [6, 6.07) is 8.48. The number of ether oxygens (including phenoxy) is 1. The number of fused-ring (bicyclic) bond motifs is 1. The molecule has 0 saturated heterocycles. The first-order chi connectivity index (χ1) is 18.5. The van der Waals surface area contributed by atoms with Gasteiger partial charge >= 0.3 is 6.18 Å². The highest BCUT2D eigenvalue weighted by atomic mass is 19.4. The van der Waals surface area contributed by atoms with Gasteiger partial charge < -0.3 is 25.2 Å². The van der Waals surface area contributed by atoms with Gasteiger partial charge in [0, 0.05) is 32.4 Å². The molecule has 0 radical (unpaired) electrons. The second-order valence-electron chi connectivity index (χ2n) is 9.12. The maximum absolute atomic E-state index is 13.4. The van der Waals surface area contributed by atoms with Gasteiger partial charge in [-0.3, -0.25) is 9.36 Å². The van der Waals surface area contributed by atoms with Gasteiger partial charge in [0.2, 0.25) is 12.4 Å². The molecule has 2 N–H and O–H groups in total. The minimum absolute atomic E-state index is 0.171. The van der Waals surface area contributed by atoms with Gasteiger partial charge in [-0.05, 0) is 51.4 Å². The molecule has 0 aliphatic carbocycles. The predicted molar refractivity (Wildman–Crippen MR) is 144 cm³/mol. The van der Waals surface area contributed by atoms with E-state index < -0.39 is 11.7 Å². The molecule has 0 atom stereocenters. The molecule has 0 aliphatic heterocycles. The number of halogens is 3. The maximum atomic E-state index is 13.4. The van der Waals surface area contributed by atoms with Gasteiger partial charge in [0.05, 0.1) is 40.8 Å². The third-order valence-corrected chi connectivity index (χ3v) is 6.09. The number of aryl methyl sites for hydroxylation is 1. The Bertz CT molecular complexity index is 1490. The standard InChI is InChI=1S/C26H29F3N8O2/c1-16-32-18-7-6-17(26(27,28)29)12-22(18)37(16)24-8-9-30-25(34-24)33-20-13-19(31-15-38)21(14-23(20)39-5)36(4)11-10-35(2)3/h6-9,12-15H,10-11H2,1-5H3,(H,31,38)(H,30,33,34). The number of hydrogen-bond donors (Lipinski definition) is 2. The molecule has 2 aromatic heterocycles. The summed E-state index contributed by atoms with van der Waals surface area (Å²) < 4.78 is 47.2. The molecule has 0 unspecified atom stereocenters. The van der Waals surface area contributed by atoms with Crippen LogP contribution >= 0.6 is 0 Å². The Morgan fingerprint density at radius 2 is 1.82 bits per heavy atom. The first-order valence-corrected chi connectivity index (χ1v) is 12.0. The van der Waals surface area contributed by atoms with Crippen LogP contribution in [0.1, 0.15) is 11.4 Å². The molecule has 4 rings (SSSR count). The predicted octanol–water partition coefficient (Wildman–Crippen LogP) is 4.46. The second kappa shape index (κ2) is 11.2. The summed E-state index contributed by atoms with van der Waals surface area (Å²) in [7, 11) is 7.39. The number of benzene rings is 2. The van der Waals surface area contributed by atoms with E-state index in [-0.39, 0.29) is 11.5 Å². The molecule has 0 bridgehead atoms. The summed E-state index contributed by atoms with van der Waals surface area (Å²) in [6.07, 6.45) is -2.41. The zero-order chi connectivity index (χ0) is 28.3. The van der Waals surface area contributed by atoms with Crippen molar-refractivity contribution in [2.75, 3.05) is 56.9 Å². The molecule has 206 valence electrons. The van der Waals surface area contributed by atoms with E-state index in [1.54, 1.807) is 25.1 Å². The van der Waals surface area contributed by atoms with Crippen LogP contribution in [0.2, 0.25) is 0 Å². The SMILES string of the molecule is COc1cc(N(C)CCN(C)C)c(NC=O)cc1Nc1nccc(-n2c(C)nc3ccc(C(F)(F)F)cc32)n1. The third kappa shape index (κ3) is 6.03. The number of hydrogen-bond acceptors (Lipinski definition) is 8. The van der Waals surface area contributed by atoms with E-state index in [0.29, 0.717) is 47.2 Å². The lowest BCUT2D eigenvalue weighted by Crippen LogP contribution is -2.29. The summed E-state index contributed by atoms with van der Waals surface area (Å²) >= 11 is 0. The van der Waals surface area contributed by atoms with Crippen molar-refractivity contribution in [2.45, 2.75) is 13.1 Å². The van der Waals surface area contributed by atoms with Crippen LogP contribution in [-0.2, 0) is 11.0 Å². The number of anilines is 4. The highest BCUT2D eigenvalue weighted by Crippen LogP contribution is 2.38. The zero-order valence-corrected chi connectivity index (χ0v) is 22.2. The largest absolute Gasteiger partial charge is 0.494 e. The summed E-state index contributed by atoms with van der Waals surface area (Å²) in [6.45, 7) is 3.19. The number of imidazole rings is 1. The fourth-order valence-corrected chi connectivity index (χ4v) is 4.12. The lowest BCUT2D eigenvalue weighted by molar-refractivity contribution is -0.137. The topological polar surface area (TPSA) is 100 Å². The van der Waals surface area contributed by atoms with Crippen molar-refractivity contribution in [3.05, 3.63) is 54.0 Å². The van der Waals surface area contributed by atoms with Crippen LogP contribution in [0.5, 0.6) is 5.75 Å². The number of rotatable bonds is 10. The van der Waals surface area contributed by atoms with E-state index in [4.69, 9.17) is 4.74 Å². The molecule has 0 fully saturated rings. The Labute approximate surface area is 223 Å². The number of methoxy groups -OCH3 is 1. The van der Waals surface area contributed by atoms with Gasteiger partial charge in [-0.15, -0.1) is 0 Å². The van der Waals surface area contributed by atoms with Crippen LogP contribution in [-0.4, -0.2) is 72.2 Å². The monoisotopic (exact) mass is 542 g/mol. The van der Waals surface area contributed by atoms with Gasteiger partial charge in [-0.1, -0.05) is 0 Å². The minimum Gasteiger partial charge on any atom is -0.494 e. The first-order valence-electron chi connectivity index (χ1n) is 12.0. The second-order valence-corrected chi connectivity index (χ2v) is 9.12. The van der Waals surface area contributed by atoms with Crippen LogP contribution in [0.3, 0.4) is 0 Å². The molecule has 39 heavy (non-hydrogen) atoms. The van der Waals surface area contributed by atoms with Gasteiger partial charge in [-0.25, -0.2) is 9.97 Å². The van der Waals surface area contributed by atoms with Crippen LogP contribution in [0.15, 0.2) is 42.6 Å². The molecule has 4 aromatic rings. The highest BCUT2D eigenvalue weighted by Gasteiger charge is 2.31. The van der Waals surface area contributed by atoms with Crippen molar-refractivity contribution < 1.29 is 22.7 Å². The number of nitrogens with one attached hydrogen (secondary N) is 2. The van der Waals surface area contributed by atoms with Gasteiger partial charge in [0.25, 0.3) is 0 Å². The fraction of sp³-hybridized carbons (Fsp3) is 0.308. The van der Waals surface area contributed by atoms with E-state index in [9.17, 15) is 18.0 Å². The Kier molecular flexibility index (Phi) is 7.90. The van der Waals surface area contributed by atoms with Crippen molar-refractivity contribution in [2.24, 2.45) is 0 Å². The summed E-state index contributed by atoms with van der Waals surface area (Å²) in [5.74, 6) is 1.45. The quantitative estimate of drug-likeness (QED) is 0.284. The molecule has 13 heteroatoms. The summed E-state index contributed by atoms with van der Waals surface area (Å²) in [5.41, 5.74) is 1.68. The molecule has 2 heterocycles. The van der Waals surface area contributed by atoms with Crippen LogP contribution in [0, 0.1) is 6.92 Å². The number of nitrogens with zero attached hydrogens (tertiary/aromatic N) is 6. The Hall–Kier alpha value is -4.39.